The first kappa shape index (κ1) is 32.7. The molecule has 0 spiro atoms. The van der Waals surface area contributed by atoms with Crippen molar-refractivity contribution in [3.8, 4) is 62.1 Å². The number of imidazole rings is 1. The number of nitrogens with zero attached hydrogens (tertiary/aromatic N) is 4. The Hall–Kier alpha value is -10.1. The molecule has 0 amide bonds. The summed E-state index contributed by atoms with van der Waals surface area (Å²) in [6.07, 6.45) is 4.69. The SMILES string of the molecule is [2H]c1c([2H])c([2H])c(-c2cnc(-n3c4ccccc4c4ccc(Oc5cccc(-n6[c-][n+](-c7c(-c8cc(C(C)(C)C)cc(C(C)(C)C)c8)cccc7[Si](c7c([2H])c([2H])c([2H])c([2H])c7[2H])(c7c([2H])c([2H])c([2H])c([2H])c7[2H])c7c([2H])c([2H])c([2H])c([2H])c7[2H])c7ccc(-c8c(C([2H])([2H])[2H])cccc8C([2H])([2H])[2H])cc76)c5)cc43)cc2C([2H])([2H])[2H])c([2H])c1[2H]. The van der Waals surface area contributed by atoms with E-state index < -0.39 is 176 Å². The number of pyridine rings is 1. The summed E-state index contributed by atoms with van der Waals surface area (Å²) in [6, 6.07) is 20.8. The molecule has 5 nitrogen and oxygen atoms in total. The highest BCUT2D eigenvalue weighted by Gasteiger charge is 2.44. The van der Waals surface area contributed by atoms with Gasteiger partial charge >= 0.3 is 0 Å². The van der Waals surface area contributed by atoms with Gasteiger partial charge in [-0.15, -0.1) is 0 Å². The van der Waals surface area contributed by atoms with Crippen LogP contribution in [0.3, 0.4) is 0 Å². The smallest absolute Gasteiger partial charge is 0.269 e. The summed E-state index contributed by atoms with van der Waals surface area (Å²) in [5.41, 5.74) is 0.418. The first-order valence-corrected chi connectivity index (χ1v) is 30.6. The molecule has 0 atom stereocenters. The van der Waals surface area contributed by atoms with Crippen LogP contribution in [0.2, 0.25) is 0 Å². The Balaban J connectivity index is 1.12. The van der Waals surface area contributed by atoms with Gasteiger partial charge in [0, 0.05) is 40.9 Å². The van der Waals surface area contributed by atoms with E-state index in [9.17, 15) is 16.4 Å². The topological polar surface area (TPSA) is 35.9 Å². The zero-order chi connectivity index (χ0) is 86.1. The van der Waals surface area contributed by atoms with Crippen LogP contribution in [0, 0.1) is 26.9 Å². The molecule has 0 saturated carbocycles. The fourth-order valence-electron chi connectivity index (χ4n) is 11.8. The van der Waals surface area contributed by atoms with Crippen LogP contribution in [0.15, 0.2) is 273 Å². The van der Waals surface area contributed by atoms with Gasteiger partial charge in [0.2, 0.25) is 0 Å². The molecule has 3 heterocycles. The van der Waals surface area contributed by atoms with Gasteiger partial charge in [-0.2, -0.15) is 0 Å². The van der Waals surface area contributed by atoms with E-state index in [2.05, 4.69) is 6.33 Å². The first-order valence-electron chi connectivity index (χ1n) is 43.1. The van der Waals surface area contributed by atoms with Gasteiger partial charge in [0.05, 0.1) is 60.9 Å². The minimum absolute atomic E-state index is 0.0489. The van der Waals surface area contributed by atoms with Gasteiger partial charge in [-0.25, -0.2) is 4.98 Å². The van der Waals surface area contributed by atoms with E-state index in [-0.39, 0.29) is 89.4 Å². The van der Waals surface area contributed by atoms with Gasteiger partial charge in [-0.3, -0.25) is 13.7 Å². The number of hydrogen-bond acceptors (Lipinski definition) is 2. The highest BCUT2D eigenvalue weighted by atomic mass is 28.3. The summed E-state index contributed by atoms with van der Waals surface area (Å²) < 4.78 is 279. The number of hydrogen-bond donors (Lipinski definition) is 0. The number of benzene rings is 11. The molecule has 0 aliphatic carbocycles. The van der Waals surface area contributed by atoms with Crippen LogP contribution in [0.4, 0.5) is 0 Å². The first-order chi connectivity index (χ1) is 55.0. The molecule has 11 aromatic carbocycles. The maximum Gasteiger partial charge on any atom is 0.269 e. The minimum Gasteiger partial charge on any atom is -0.458 e. The molecule has 434 valence electrons. The van der Waals surface area contributed by atoms with Crippen molar-refractivity contribution in [1.82, 2.24) is 14.1 Å². The molecule has 0 unspecified atom stereocenters. The average Bonchev–Trinajstić information content (AvgIpc) is 0.909. The standard InChI is InChI=1S/C83H72N4OSi/c1-56-27-24-28-57(2)80(56)60-43-46-75-77(50-60)85(64-31-25-32-65(52-64)88-66-44-45-72-71-39-22-23-41-74(71)87(76(72)53-66)79-47-58(3)73(54-84-79)59-29-14-10-15-30-59)55-86(75)81-70(61-48-62(82(4,5)6)51-63(49-61)83(7,8)9)40-26-42-78(81)89(67-33-16-11-17-34-67,68-35-18-12-19-36-68)69-37-20-13-21-38-69/h10-54H,1-9H3/i1D3,2D3,3D3,10D,11D,12D,13D,14D,15D,16D,17D,18D,19D,20D,21D,29D,30D,33D,34D,35D,36D,37D,38D. The molecule has 89 heavy (non-hydrogen) atoms. The average molecular weight is 1200 g/mol. The summed E-state index contributed by atoms with van der Waals surface area (Å²) in [5, 5.41) is -1.26. The van der Waals surface area contributed by atoms with Gasteiger partial charge in [-0.1, -0.05) is 253 Å². The molecule has 6 heteroatoms. The van der Waals surface area contributed by atoms with Crippen molar-refractivity contribution in [1.29, 1.82) is 0 Å². The lowest BCUT2D eigenvalue weighted by molar-refractivity contribution is -0.570. The van der Waals surface area contributed by atoms with Crippen molar-refractivity contribution in [3.63, 3.8) is 0 Å². The third kappa shape index (κ3) is 10.2. The molecule has 0 bridgehead atoms. The maximum atomic E-state index is 10.2. The number of rotatable bonds is 12. The molecule has 0 aliphatic heterocycles. The third-order valence-electron chi connectivity index (χ3n) is 16.1. The molecule has 0 radical (unpaired) electrons. The zero-order valence-corrected chi connectivity index (χ0v) is 50.1. The Labute approximate surface area is 565 Å². The largest absolute Gasteiger partial charge is 0.458 e. The van der Waals surface area contributed by atoms with Crippen LogP contribution in [0.1, 0.15) is 109 Å². The Bertz CT molecular complexity index is 6260. The summed E-state index contributed by atoms with van der Waals surface area (Å²) in [6.45, 7) is 3.15. The second kappa shape index (κ2) is 22.5. The predicted molar refractivity (Wildman–Crippen MR) is 374 cm³/mol. The van der Waals surface area contributed by atoms with Gasteiger partial charge in [0.1, 0.15) is 17.3 Å². The number of ether oxygens (including phenoxy) is 1. The van der Waals surface area contributed by atoms with Crippen molar-refractivity contribution >= 4 is 61.7 Å². The van der Waals surface area contributed by atoms with Gasteiger partial charge in [0.15, 0.2) is 8.07 Å². The molecule has 0 fully saturated rings. The Morgan fingerprint density at radius 1 is 0.483 bits per heavy atom. The molecule has 0 aliphatic rings. The Morgan fingerprint density at radius 2 is 1.08 bits per heavy atom. The highest BCUT2D eigenvalue weighted by molar-refractivity contribution is 7.20. The van der Waals surface area contributed by atoms with Crippen LogP contribution in [-0.2, 0) is 10.8 Å². The summed E-state index contributed by atoms with van der Waals surface area (Å²) in [4.78, 5) is 4.73. The lowest BCUT2D eigenvalue weighted by Crippen LogP contribution is -2.76. The van der Waals surface area contributed by atoms with E-state index in [1.807, 2.05) is 71.9 Å². The minimum atomic E-state index is -6.09. The van der Waals surface area contributed by atoms with Crippen molar-refractivity contribution in [2.75, 3.05) is 0 Å². The molecular formula is C83H72N4OSi. The summed E-state index contributed by atoms with van der Waals surface area (Å²) in [7, 11) is -6.09. The van der Waals surface area contributed by atoms with Gasteiger partial charge in [-0.05, 0) is 156 Å². The van der Waals surface area contributed by atoms with Crippen molar-refractivity contribution in [2.45, 2.75) is 72.9 Å². The van der Waals surface area contributed by atoms with Crippen LogP contribution in [0.5, 0.6) is 11.5 Å². The Morgan fingerprint density at radius 3 is 1.72 bits per heavy atom. The zero-order valence-electron chi connectivity index (χ0n) is 78.1. The van der Waals surface area contributed by atoms with E-state index in [0.29, 0.717) is 27.4 Å². The van der Waals surface area contributed by atoms with E-state index in [1.165, 1.54) is 63.7 Å². The third-order valence-corrected chi connectivity index (χ3v) is 20.3. The molecule has 0 N–H and O–H groups in total. The molecule has 3 aromatic heterocycles. The number of para-hydroxylation sites is 2. The quantitative estimate of drug-likeness (QED) is 0.0529. The summed E-state index contributed by atoms with van der Waals surface area (Å²) in [5.74, 6) is 0.391. The van der Waals surface area contributed by atoms with Crippen LogP contribution < -0.4 is 30.1 Å². The Kier molecular flexibility index (Phi) is 8.29. The molecule has 14 rings (SSSR count). The lowest BCUT2D eigenvalue weighted by Gasteiger charge is -2.37. The van der Waals surface area contributed by atoms with Crippen LogP contribution in [-0.4, -0.2) is 22.2 Å². The molecule has 14 aromatic rings. The highest BCUT2D eigenvalue weighted by Crippen LogP contribution is 2.40. The maximum absolute atomic E-state index is 10.2. The fourth-order valence-corrected chi connectivity index (χ4v) is 15.8. The van der Waals surface area contributed by atoms with Gasteiger partial charge in [0.25, 0.3) is 6.33 Å². The predicted octanol–water partition coefficient (Wildman–Crippen LogP) is 17.9. The van der Waals surface area contributed by atoms with Gasteiger partial charge < -0.3 is 4.74 Å². The van der Waals surface area contributed by atoms with E-state index in [0.717, 1.165) is 17.3 Å². The monoisotopic (exact) mass is 1200 g/mol. The molecular weight excluding hydrogens is 1100 g/mol. The second-order valence-corrected chi connectivity index (χ2v) is 27.2. The van der Waals surface area contributed by atoms with Crippen LogP contribution >= 0.6 is 0 Å². The fraction of sp³-hybridized carbons (Fsp3) is 0.133. The second-order valence-electron chi connectivity index (χ2n) is 23.7. The van der Waals surface area contributed by atoms with E-state index >= 15 is 0 Å². The summed E-state index contributed by atoms with van der Waals surface area (Å²) >= 11 is 0. The lowest BCUT2D eigenvalue weighted by atomic mass is 9.79. The van der Waals surface area contributed by atoms with E-state index in [4.69, 9.17) is 33.0 Å². The van der Waals surface area contributed by atoms with Crippen molar-refractivity contribution < 1.29 is 49.1 Å². The number of fused-ring (bicyclic) bond motifs is 4. The van der Waals surface area contributed by atoms with Crippen molar-refractivity contribution in [2.24, 2.45) is 0 Å². The van der Waals surface area contributed by atoms with Crippen molar-refractivity contribution in [3.05, 3.63) is 307 Å². The normalized spacial score (nSPS) is 17.2. The van der Waals surface area contributed by atoms with Crippen LogP contribution in [0.25, 0.3) is 83.4 Å². The van der Waals surface area contributed by atoms with E-state index in [1.54, 1.807) is 65.2 Å². The number of aromatic nitrogens is 4. The molecule has 0 saturated heterocycles. The number of aryl methyl sites for hydroxylation is 3.